The molecule has 0 aliphatic rings. The van der Waals surface area contributed by atoms with E-state index in [0.29, 0.717) is 5.39 Å². The normalized spacial score (nSPS) is 11.8. The molecule has 0 spiro atoms. The van der Waals surface area contributed by atoms with Gasteiger partial charge in [0.2, 0.25) is 0 Å². The Morgan fingerprint density at radius 1 is 1.28 bits per heavy atom. The van der Waals surface area contributed by atoms with Crippen LogP contribution in [0.3, 0.4) is 0 Å². The van der Waals surface area contributed by atoms with Gasteiger partial charge in [0.15, 0.2) is 0 Å². The second-order valence-electron chi connectivity index (χ2n) is 3.44. The Kier molecular flexibility index (Phi) is 2.49. The minimum atomic E-state index is -3.69. The van der Waals surface area contributed by atoms with Crippen molar-refractivity contribution in [3.63, 3.8) is 0 Å². The highest BCUT2D eigenvalue weighted by molar-refractivity contribution is 7.93. The maximum absolute atomic E-state index is 12.1. The molecular weight excluding hydrogens is 274 g/mol. The third-order valence-corrected chi connectivity index (χ3v) is 4.79. The number of H-pyrrole nitrogens is 1. The van der Waals surface area contributed by atoms with E-state index in [-0.39, 0.29) is 10.8 Å². The standard InChI is InChI=1S/C9H7N5O2S2/c15-18(16,12-9-10-13-14-11-9)8-5-17-7-4-2-1-3-6(7)8/h1-5H,(H2,10,11,12,13,14). The minimum Gasteiger partial charge on any atom is -0.245 e. The van der Waals surface area contributed by atoms with Crippen LogP contribution < -0.4 is 4.72 Å². The third kappa shape index (κ3) is 1.83. The zero-order chi connectivity index (χ0) is 12.6. The number of thiophene rings is 1. The summed E-state index contributed by atoms with van der Waals surface area (Å²) in [6, 6.07) is 7.29. The fraction of sp³-hybridized carbons (Fsp3) is 0. The number of aromatic amines is 1. The first kappa shape index (κ1) is 11.1. The fourth-order valence-corrected chi connectivity index (χ4v) is 3.98. The molecule has 3 rings (SSSR count). The number of nitrogens with zero attached hydrogens (tertiary/aromatic N) is 3. The number of sulfonamides is 1. The largest absolute Gasteiger partial charge is 0.276 e. The van der Waals surface area contributed by atoms with Crippen LogP contribution in [-0.4, -0.2) is 29.0 Å². The molecule has 92 valence electrons. The Labute approximate surface area is 106 Å². The van der Waals surface area contributed by atoms with Gasteiger partial charge in [0, 0.05) is 15.5 Å². The van der Waals surface area contributed by atoms with Gasteiger partial charge in [0.1, 0.15) is 4.90 Å². The second-order valence-corrected chi connectivity index (χ2v) is 6.00. The highest BCUT2D eigenvalue weighted by Gasteiger charge is 2.20. The zero-order valence-electron chi connectivity index (χ0n) is 8.86. The van der Waals surface area contributed by atoms with Crippen LogP contribution in [0.2, 0.25) is 0 Å². The van der Waals surface area contributed by atoms with E-state index in [1.165, 1.54) is 11.3 Å². The second kappa shape index (κ2) is 4.03. The zero-order valence-corrected chi connectivity index (χ0v) is 10.5. The van der Waals surface area contributed by atoms with E-state index in [4.69, 9.17) is 0 Å². The Balaban J connectivity index is 2.08. The van der Waals surface area contributed by atoms with E-state index in [9.17, 15) is 8.42 Å². The van der Waals surface area contributed by atoms with Crippen LogP contribution in [0.5, 0.6) is 0 Å². The van der Waals surface area contributed by atoms with Gasteiger partial charge in [0.05, 0.1) is 0 Å². The van der Waals surface area contributed by atoms with Crippen molar-refractivity contribution in [2.75, 3.05) is 4.72 Å². The number of anilines is 1. The smallest absolute Gasteiger partial charge is 0.245 e. The van der Waals surface area contributed by atoms with Crippen molar-refractivity contribution >= 4 is 37.4 Å². The van der Waals surface area contributed by atoms with Crippen molar-refractivity contribution in [2.24, 2.45) is 0 Å². The van der Waals surface area contributed by atoms with Crippen LogP contribution in [-0.2, 0) is 10.0 Å². The average molecular weight is 281 g/mol. The predicted octanol–water partition coefficient (Wildman–Crippen LogP) is 1.22. The topological polar surface area (TPSA) is 101 Å². The van der Waals surface area contributed by atoms with Crippen molar-refractivity contribution in [2.45, 2.75) is 4.90 Å². The summed E-state index contributed by atoms with van der Waals surface area (Å²) in [6.45, 7) is 0. The van der Waals surface area contributed by atoms with E-state index in [0.717, 1.165) is 4.70 Å². The van der Waals surface area contributed by atoms with Gasteiger partial charge in [-0.15, -0.1) is 16.4 Å². The molecular formula is C9H7N5O2S2. The Bertz CT molecular complexity index is 778. The van der Waals surface area contributed by atoms with Gasteiger partial charge in [-0.25, -0.2) is 13.1 Å². The maximum Gasteiger partial charge on any atom is 0.276 e. The Morgan fingerprint density at radius 3 is 2.89 bits per heavy atom. The molecule has 0 unspecified atom stereocenters. The molecule has 3 aromatic rings. The quantitative estimate of drug-likeness (QED) is 0.751. The predicted molar refractivity (Wildman–Crippen MR) is 66.8 cm³/mol. The van der Waals surface area contributed by atoms with Crippen LogP contribution in [0.1, 0.15) is 0 Å². The van der Waals surface area contributed by atoms with E-state index in [1.807, 2.05) is 12.1 Å². The van der Waals surface area contributed by atoms with Crippen LogP contribution in [0.4, 0.5) is 5.95 Å². The molecule has 0 fully saturated rings. The lowest BCUT2D eigenvalue weighted by atomic mass is 10.3. The van der Waals surface area contributed by atoms with Crippen molar-refractivity contribution in [1.82, 2.24) is 20.6 Å². The van der Waals surface area contributed by atoms with Crippen molar-refractivity contribution in [3.8, 4) is 0 Å². The molecule has 7 nitrogen and oxygen atoms in total. The molecule has 0 saturated carbocycles. The van der Waals surface area contributed by atoms with Gasteiger partial charge in [-0.2, -0.15) is 5.21 Å². The summed E-state index contributed by atoms with van der Waals surface area (Å²) >= 11 is 1.37. The van der Waals surface area contributed by atoms with Crippen molar-refractivity contribution in [1.29, 1.82) is 0 Å². The SMILES string of the molecule is O=S(=O)(Nc1nn[nH]n1)c1csc2ccccc12. The van der Waals surface area contributed by atoms with E-state index < -0.39 is 10.0 Å². The summed E-state index contributed by atoms with van der Waals surface area (Å²) in [4.78, 5) is 0.216. The van der Waals surface area contributed by atoms with Gasteiger partial charge in [0.25, 0.3) is 16.0 Å². The van der Waals surface area contributed by atoms with Crippen LogP contribution in [0.15, 0.2) is 34.5 Å². The molecule has 0 aliphatic carbocycles. The van der Waals surface area contributed by atoms with Gasteiger partial charge in [-0.1, -0.05) is 23.3 Å². The molecule has 2 N–H and O–H groups in total. The number of hydrogen-bond donors (Lipinski definition) is 2. The number of fused-ring (bicyclic) bond motifs is 1. The van der Waals surface area contributed by atoms with Gasteiger partial charge < -0.3 is 0 Å². The summed E-state index contributed by atoms with van der Waals surface area (Å²) in [5, 5.41) is 14.9. The molecule has 0 aliphatic heterocycles. The maximum atomic E-state index is 12.1. The van der Waals surface area contributed by atoms with Crippen molar-refractivity contribution < 1.29 is 8.42 Å². The molecule has 1 aromatic carbocycles. The van der Waals surface area contributed by atoms with Gasteiger partial charge in [-0.3, -0.25) is 0 Å². The molecule has 9 heteroatoms. The highest BCUT2D eigenvalue weighted by Crippen LogP contribution is 2.29. The Morgan fingerprint density at radius 2 is 2.11 bits per heavy atom. The first-order valence-electron chi connectivity index (χ1n) is 4.89. The molecule has 18 heavy (non-hydrogen) atoms. The number of hydrogen-bond acceptors (Lipinski definition) is 6. The number of nitrogens with one attached hydrogen (secondary N) is 2. The van der Waals surface area contributed by atoms with Gasteiger partial charge in [-0.05, 0) is 11.3 Å². The molecule has 2 aromatic heterocycles. The monoisotopic (exact) mass is 281 g/mol. The molecule has 0 saturated heterocycles. The number of rotatable bonds is 3. The molecule has 0 amide bonds. The van der Waals surface area contributed by atoms with Crippen LogP contribution in [0, 0.1) is 0 Å². The third-order valence-electron chi connectivity index (χ3n) is 2.31. The number of tetrazole rings is 1. The van der Waals surface area contributed by atoms with E-state index >= 15 is 0 Å². The summed E-state index contributed by atoms with van der Waals surface area (Å²) in [5.41, 5.74) is 0. The van der Waals surface area contributed by atoms with Crippen LogP contribution >= 0.6 is 11.3 Å². The summed E-state index contributed by atoms with van der Waals surface area (Å²) in [6.07, 6.45) is 0. The summed E-state index contributed by atoms with van der Waals surface area (Å²) in [7, 11) is -3.69. The highest BCUT2D eigenvalue weighted by atomic mass is 32.2. The number of benzene rings is 1. The minimum absolute atomic E-state index is 0.0784. The number of aromatic nitrogens is 4. The first-order chi connectivity index (χ1) is 8.67. The molecule has 0 atom stereocenters. The molecule has 0 bridgehead atoms. The van der Waals surface area contributed by atoms with Gasteiger partial charge >= 0.3 is 0 Å². The lowest BCUT2D eigenvalue weighted by Crippen LogP contribution is -2.13. The molecule has 0 radical (unpaired) electrons. The fourth-order valence-electron chi connectivity index (χ4n) is 1.54. The lowest BCUT2D eigenvalue weighted by Gasteiger charge is -2.02. The summed E-state index contributed by atoms with van der Waals surface area (Å²) < 4.78 is 27.5. The van der Waals surface area contributed by atoms with Crippen molar-refractivity contribution in [3.05, 3.63) is 29.6 Å². The van der Waals surface area contributed by atoms with E-state index in [1.54, 1.807) is 17.5 Å². The lowest BCUT2D eigenvalue weighted by molar-refractivity contribution is 0.602. The first-order valence-corrected chi connectivity index (χ1v) is 7.25. The average Bonchev–Trinajstić information content (AvgIpc) is 2.96. The Hall–Kier alpha value is -2.00. The summed E-state index contributed by atoms with van der Waals surface area (Å²) in [5.74, 6) is -0.0784. The van der Waals surface area contributed by atoms with E-state index in [2.05, 4.69) is 25.3 Å². The van der Waals surface area contributed by atoms with Crippen LogP contribution in [0.25, 0.3) is 10.1 Å². The molecule has 2 heterocycles.